The molecule has 2 heterocycles. The summed E-state index contributed by atoms with van der Waals surface area (Å²) >= 11 is 1.54. The Morgan fingerprint density at radius 3 is 2.87 bits per heavy atom. The lowest BCUT2D eigenvalue weighted by molar-refractivity contribution is -0.116. The minimum atomic E-state index is -0.235. The summed E-state index contributed by atoms with van der Waals surface area (Å²) < 4.78 is 5.18. The summed E-state index contributed by atoms with van der Waals surface area (Å²) in [5.74, 6) is 0.625. The Morgan fingerprint density at radius 2 is 2.13 bits per heavy atom. The molecule has 0 aliphatic rings. The molecule has 0 saturated carbocycles. The number of thiazole rings is 1. The SMILES string of the molecule is Cc1nc(C=CC(=O)NCc2noc(-c3ccccc3)n2)cs1. The van der Waals surface area contributed by atoms with Crippen molar-refractivity contribution in [3.8, 4) is 11.5 Å². The highest BCUT2D eigenvalue weighted by Gasteiger charge is 2.08. The van der Waals surface area contributed by atoms with Gasteiger partial charge >= 0.3 is 0 Å². The molecule has 1 N–H and O–H groups in total. The van der Waals surface area contributed by atoms with E-state index < -0.39 is 0 Å². The molecule has 6 nitrogen and oxygen atoms in total. The summed E-state index contributed by atoms with van der Waals surface area (Å²) in [4.78, 5) is 20.3. The lowest BCUT2D eigenvalue weighted by Gasteiger charge is -1.96. The fraction of sp³-hybridized carbons (Fsp3) is 0.125. The van der Waals surface area contributed by atoms with Crippen LogP contribution >= 0.6 is 11.3 Å². The second kappa shape index (κ2) is 6.97. The van der Waals surface area contributed by atoms with E-state index in [9.17, 15) is 4.79 Å². The van der Waals surface area contributed by atoms with Crippen LogP contribution in [0.5, 0.6) is 0 Å². The normalized spacial score (nSPS) is 11.0. The lowest BCUT2D eigenvalue weighted by atomic mass is 10.2. The summed E-state index contributed by atoms with van der Waals surface area (Å²) in [5.41, 5.74) is 1.62. The predicted molar refractivity (Wildman–Crippen MR) is 87.5 cm³/mol. The van der Waals surface area contributed by atoms with E-state index in [1.165, 1.54) is 6.08 Å². The van der Waals surface area contributed by atoms with Gasteiger partial charge in [0.15, 0.2) is 5.82 Å². The van der Waals surface area contributed by atoms with Gasteiger partial charge in [0, 0.05) is 17.0 Å². The number of benzene rings is 1. The number of amides is 1. The van der Waals surface area contributed by atoms with E-state index in [2.05, 4.69) is 20.4 Å². The Kier molecular flexibility index (Phi) is 4.58. The molecule has 0 radical (unpaired) electrons. The molecule has 0 spiro atoms. The van der Waals surface area contributed by atoms with Crippen LogP contribution in [-0.4, -0.2) is 21.0 Å². The minimum Gasteiger partial charge on any atom is -0.345 e. The first-order chi connectivity index (χ1) is 11.2. The van der Waals surface area contributed by atoms with Gasteiger partial charge in [-0.05, 0) is 25.1 Å². The van der Waals surface area contributed by atoms with Crippen LogP contribution in [-0.2, 0) is 11.3 Å². The Morgan fingerprint density at radius 1 is 1.30 bits per heavy atom. The maximum atomic E-state index is 11.8. The summed E-state index contributed by atoms with van der Waals surface area (Å²) in [6.07, 6.45) is 3.11. The highest BCUT2D eigenvalue weighted by molar-refractivity contribution is 7.09. The van der Waals surface area contributed by atoms with Crippen LogP contribution in [0.2, 0.25) is 0 Å². The molecule has 23 heavy (non-hydrogen) atoms. The first-order valence-electron chi connectivity index (χ1n) is 6.97. The molecule has 0 atom stereocenters. The third kappa shape index (κ3) is 4.10. The topological polar surface area (TPSA) is 80.9 Å². The molecular formula is C16H14N4O2S. The van der Waals surface area contributed by atoms with Crippen LogP contribution in [0.25, 0.3) is 17.5 Å². The Labute approximate surface area is 136 Å². The summed E-state index contributed by atoms with van der Waals surface area (Å²) in [5, 5.41) is 9.41. The molecule has 1 aromatic carbocycles. The van der Waals surface area contributed by atoms with Crippen molar-refractivity contribution in [2.45, 2.75) is 13.5 Å². The molecule has 116 valence electrons. The van der Waals surface area contributed by atoms with E-state index in [0.717, 1.165) is 16.3 Å². The summed E-state index contributed by atoms with van der Waals surface area (Å²) in [6.45, 7) is 2.12. The standard InChI is InChI=1S/C16H14N4O2S/c1-11-18-13(10-23-11)7-8-15(21)17-9-14-19-16(22-20-14)12-5-3-2-4-6-12/h2-8,10H,9H2,1H3,(H,17,21). The van der Waals surface area contributed by atoms with Crippen LogP contribution in [0.1, 0.15) is 16.5 Å². The lowest BCUT2D eigenvalue weighted by Crippen LogP contribution is -2.20. The third-order valence-corrected chi connectivity index (χ3v) is 3.74. The first kappa shape index (κ1) is 15.1. The van der Waals surface area contributed by atoms with Crippen LogP contribution in [0, 0.1) is 6.92 Å². The van der Waals surface area contributed by atoms with Crippen molar-refractivity contribution in [3.05, 3.63) is 58.3 Å². The zero-order valence-corrected chi connectivity index (χ0v) is 13.2. The van der Waals surface area contributed by atoms with E-state index in [-0.39, 0.29) is 12.5 Å². The molecule has 0 aliphatic carbocycles. The number of rotatable bonds is 5. The van der Waals surface area contributed by atoms with E-state index >= 15 is 0 Å². The molecule has 3 rings (SSSR count). The van der Waals surface area contributed by atoms with E-state index in [0.29, 0.717) is 11.7 Å². The zero-order valence-electron chi connectivity index (χ0n) is 12.4. The first-order valence-corrected chi connectivity index (χ1v) is 7.85. The zero-order chi connectivity index (χ0) is 16.1. The van der Waals surface area contributed by atoms with Crippen molar-refractivity contribution in [2.24, 2.45) is 0 Å². The molecule has 0 saturated heterocycles. The fourth-order valence-electron chi connectivity index (χ4n) is 1.87. The van der Waals surface area contributed by atoms with E-state index in [4.69, 9.17) is 4.52 Å². The number of hydrogen-bond acceptors (Lipinski definition) is 6. The van der Waals surface area contributed by atoms with Crippen LogP contribution in [0.3, 0.4) is 0 Å². The van der Waals surface area contributed by atoms with Gasteiger partial charge in [-0.25, -0.2) is 4.98 Å². The van der Waals surface area contributed by atoms with Crippen molar-refractivity contribution in [1.29, 1.82) is 0 Å². The molecule has 0 aliphatic heterocycles. The van der Waals surface area contributed by atoms with Gasteiger partial charge in [-0.15, -0.1) is 11.3 Å². The number of carbonyl (C=O) groups is 1. The van der Waals surface area contributed by atoms with Crippen LogP contribution < -0.4 is 5.32 Å². The van der Waals surface area contributed by atoms with Gasteiger partial charge in [0.05, 0.1) is 17.2 Å². The average Bonchev–Trinajstić information content (AvgIpc) is 3.21. The predicted octanol–water partition coefficient (Wildman–Crippen LogP) is 2.83. The highest BCUT2D eigenvalue weighted by Crippen LogP contribution is 2.15. The number of aromatic nitrogens is 3. The molecular weight excluding hydrogens is 312 g/mol. The molecule has 1 amide bonds. The molecule has 0 fully saturated rings. The quantitative estimate of drug-likeness (QED) is 0.729. The molecule has 0 bridgehead atoms. The van der Waals surface area contributed by atoms with E-state index in [1.54, 1.807) is 17.4 Å². The van der Waals surface area contributed by atoms with Crippen molar-refractivity contribution >= 4 is 23.3 Å². The monoisotopic (exact) mass is 326 g/mol. The van der Waals surface area contributed by atoms with Gasteiger partial charge < -0.3 is 9.84 Å². The molecule has 7 heteroatoms. The maximum Gasteiger partial charge on any atom is 0.257 e. The highest BCUT2D eigenvalue weighted by atomic mass is 32.1. The summed E-state index contributed by atoms with van der Waals surface area (Å²) in [6, 6.07) is 9.47. The number of nitrogens with one attached hydrogen (secondary N) is 1. The van der Waals surface area contributed by atoms with Crippen molar-refractivity contribution in [1.82, 2.24) is 20.4 Å². The van der Waals surface area contributed by atoms with Gasteiger partial charge in [-0.1, -0.05) is 23.4 Å². The van der Waals surface area contributed by atoms with Crippen LogP contribution in [0.4, 0.5) is 0 Å². The average molecular weight is 326 g/mol. The number of hydrogen-bond donors (Lipinski definition) is 1. The second-order valence-electron chi connectivity index (χ2n) is 4.72. The summed E-state index contributed by atoms with van der Waals surface area (Å²) in [7, 11) is 0. The molecule has 2 aromatic heterocycles. The number of carbonyl (C=O) groups excluding carboxylic acids is 1. The minimum absolute atomic E-state index is 0.204. The molecule has 3 aromatic rings. The largest absolute Gasteiger partial charge is 0.345 e. The van der Waals surface area contributed by atoms with Crippen LogP contribution in [0.15, 0.2) is 46.3 Å². The maximum absolute atomic E-state index is 11.8. The third-order valence-electron chi connectivity index (χ3n) is 2.95. The smallest absolute Gasteiger partial charge is 0.257 e. The van der Waals surface area contributed by atoms with Gasteiger partial charge in [0.1, 0.15) is 0 Å². The van der Waals surface area contributed by atoms with Crippen molar-refractivity contribution in [2.75, 3.05) is 0 Å². The van der Waals surface area contributed by atoms with Gasteiger partial charge in [-0.2, -0.15) is 4.98 Å². The Bertz CT molecular complexity index is 823. The van der Waals surface area contributed by atoms with Gasteiger partial charge in [0.2, 0.25) is 5.91 Å². The molecule has 0 unspecified atom stereocenters. The van der Waals surface area contributed by atoms with Crippen molar-refractivity contribution < 1.29 is 9.32 Å². The Balaban J connectivity index is 1.55. The van der Waals surface area contributed by atoms with Crippen molar-refractivity contribution in [3.63, 3.8) is 0 Å². The number of aryl methyl sites for hydroxylation is 1. The van der Waals surface area contributed by atoms with Gasteiger partial charge in [-0.3, -0.25) is 4.79 Å². The fourth-order valence-corrected chi connectivity index (χ4v) is 2.45. The van der Waals surface area contributed by atoms with Gasteiger partial charge in [0.25, 0.3) is 5.89 Å². The van der Waals surface area contributed by atoms with E-state index in [1.807, 2.05) is 42.6 Å². The second-order valence-corrected chi connectivity index (χ2v) is 5.79. The number of nitrogens with zero attached hydrogens (tertiary/aromatic N) is 3. The Hall–Kier alpha value is -2.80.